The summed E-state index contributed by atoms with van der Waals surface area (Å²) in [5, 5.41) is 0. The molecule has 1 rings (SSSR count). The van der Waals surface area contributed by atoms with Crippen LogP contribution < -0.4 is 0 Å². The van der Waals surface area contributed by atoms with E-state index in [1.165, 1.54) is 11.9 Å². The van der Waals surface area contributed by atoms with Crippen LogP contribution in [0.3, 0.4) is 0 Å². The Morgan fingerprint density at radius 1 is 1.27 bits per heavy atom. The van der Waals surface area contributed by atoms with E-state index < -0.39 is 0 Å². The van der Waals surface area contributed by atoms with Crippen LogP contribution in [0, 0.1) is 0 Å². The second-order valence-corrected chi connectivity index (χ2v) is 2.47. The summed E-state index contributed by atoms with van der Waals surface area (Å²) >= 11 is 0. The highest BCUT2D eigenvalue weighted by Crippen LogP contribution is 2.11. The molecular weight excluding hydrogens is 144 g/mol. The van der Waals surface area contributed by atoms with Crippen molar-refractivity contribution in [2.45, 2.75) is 20.4 Å². The Balaban J connectivity index is 0.000001000. The van der Waals surface area contributed by atoms with Gasteiger partial charge >= 0.3 is 6.03 Å². The topological polar surface area (TPSA) is 40.6 Å². The number of likely N-dealkylation sites (N-methyl/N-ethyl adjacent to an activating group) is 2. The number of urea groups is 1. The minimum Gasteiger partial charge on any atom is -0.316 e. The van der Waals surface area contributed by atoms with Gasteiger partial charge in [0.15, 0.2) is 0 Å². The molecule has 3 amide bonds. The third-order valence-electron chi connectivity index (χ3n) is 1.86. The normalized spacial score (nSPS) is 24.1. The van der Waals surface area contributed by atoms with Gasteiger partial charge in [0.05, 0.1) is 0 Å². The second kappa shape index (κ2) is 2.90. The molecule has 1 heterocycles. The Kier molecular flexibility index (Phi) is 2.62. The lowest BCUT2D eigenvalue weighted by atomic mass is 10.3. The summed E-state index contributed by atoms with van der Waals surface area (Å²) in [4.78, 5) is 24.5. The van der Waals surface area contributed by atoms with E-state index in [1.807, 2.05) is 0 Å². The summed E-state index contributed by atoms with van der Waals surface area (Å²) in [6.45, 7) is 1.71. The van der Waals surface area contributed by atoms with Crippen molar-refractivity contribution in [1.29, 1.82) is 0 Å². The fourth-order valence-corrected chi connectivity index (χ4v) is 0.942. The van der Waals surface area contributed by atoms with Crippen LogP contribution in [0.5, 0.6) is 0 Å². The van der Waals surface area contributed by atoms with Crippen molar-refractivity contribution in [2.24, 2.45) is 0 Å². The average Bonchev–Trinajstić information content (AvgIpc) is 2.07. The molecule has 1 fully saturated rings. The molecule has 0 bridgehead atoms. The Bertz CT molecular complexity index is 171. The third-order valence-corrected chi connectivity index (χ3v) is 1.86. The highest BCUT2D eigenvalue weighted by molar-refractivity contribution is 6.03. The Labute approximate surface area is 66.8 Å². The molecule has 1 unspecified atom stereocenters. The minimum atomic E-state index is -0.294. The maximum atomic E-state index is 11.0. The number of imide groups is 1. The molecule has 11 heavy (non-hydrogen) atoms. The predicted molar refractivity (Wildman–Crippen MR) is 42.1 cm³/mol. The van der Waals surface area contributed by atoms with E-state index >= 15 is 0 Å². The van der Waals surface area contributed by atoms with Crippen molar-refractivity contribution in [3.8, 4) is 0 Å². The number of carbonyl (C=O) groups excluding carboxylic acids is 2. The molecule has 0 aromatic carbocycles. The van der Waals surface area contributed by atoms with Crippen molar-refractivity contribution in [3.63, 3.8) is 0 Å². The summed E-state index contributed by atoms with van der Waals surface area (Å²) in [6.07, 6.45) is 0. The van der Waals surface area contributed by atoms with E-state index in [-0.39, 0.29) is 25.4 Å². The first-order chi connectivity index (χ1) is 4.55. The molecule has 0 spiro atoms. The van der Waals surface area contributed by atoms with Crippen LogP contribution in [0.2, 0.25) is 0 Å². The Hall–Kier alpha value is -1.06. The first-order valence-electron chi connectivity index (χ1n) is 3.10. The van der Waals surface area contributed by atoms with E-state index in [0.29, 0.717) is 0 Å². The molecule has 1 saturated heterocycles. The number of nitrogens with zero attached hydrogens (tertiary/aromatic N) is 2. The molecule has 64 valence electrons. The van der Waals surface area contributed by atoms with Gasteiger partial charge < -0.3 is 4.90 Å². The van der Waals surface area contributed by atoms with Gasteiger partial charge in [0.1, 0.15) is 6.04 Å². The van der Waals surface area contributed by atoms with Gasteiger partial charge in [-0.3, -0.25) is 9.69 Å². The molecule has 1 aliphatic rings. The number of hydrogen-bond donors (Lipinski definition) is 0. The minimum absolute atomic E-state index is 0. The van der Waals surface area contributed by atoms with E-state index in [0.717, 1.165) is 4.90 Å². The predicted octanol–water partition coefficient (Wildman–Crippen LogP) is 0.535. The Morgan fingerprint density at radius 3 is 1.82 bits per heavy atom. The van der Waals surface area contributed by atoms with Gasteiger partial charge in [0, 0.05) is 14.1 Å². The molecule has 0 aromatic rings. The molecule has 4 heteroatoms. The SMILES string of the molecule is C.CC1C(=O)N(C)C(=O)N1C. The van der Waals surface area contributed by atoms with Crippen molar-refractivity contribution < 1.29 is 9.59 Å². The van der Waals surface area contributed by atoms with Gasteiger partial charge in [-0.05, 0) is 6.92 Å². The first-order valence-corrected chi connectivity index (χ1v) is 3.10. The van der Waals surface area contributed by atoms with Crippen molar-refractivity contribution in [1.82, 2.24) is 9.80 Å². The maximum Gasteiger partial charge on any atom is 0.326 e. The monoisotopic (exact) mass is 158 g/mol. The van der Waals surface area contributed by atoms with E-state index in [2.05, 4.69) is 0 Å². The molecule has 0 aromatic heterocycles. The molecule has 4 nitrogen and oxygen atoms in total. The summed E-state index contributed by atoms with van der Waals surface area (Å²) in [7, 11) is 3.11. The van der Waals surface area contributed by atoms with E-state index in [9.17, 15) is 9.59 Å². The summed E-state index contributed by atoms with van der Waals surface area (Å²) in [6, 6.07) is -0.519. The van der Waals surface area contributed by atoms with Crippen LogP contribution in [0.4, 0.5) is 4.79 Å². The fourth-order valence-electron chi connectivity index (χ4n) is 0.942. The summed E-state index contributed by atoms with van der Waals surface area (Å²) < 4.78 is 0. The Morgan fingerprint density at radius 2 is 1.73 bits per heavy atom. The molecule has 0 aliphatic carbocycles. The van der Waals surface area contributed by atoms with Gasteiger partial charge in [0.25, 0.3) is 5.91 Å². The fraction of sp³-hybridized carbons (Fsp3) is 0.714. The molecule has 0 N–H and O–H groups in total. The lowest BCUT2D eigenvalue weighted by molar-refractivity contribution is -0.126. The van der Waals surface area contributed by atoms with Crippen molar-refractivity contribution >= 4 is 11.9 Å². The molecule has 1 aliphatic heterocycles. The number of hydrogen-bond acceptors (Lipinski definition) is 2. The van der Waals surface area contributed by atoms with Gasteiger partial charge in [0.2, 0.25) is 0 Å². The first kappa shape index (κ1) is 9.94. The summed E-state index contributed by atoms with van der Waals surface area (Å²) in [5.74, 6) is -0.132. The zero-order valence-corrected chi connectivity index (χ0v) is 6.29. The highest BCUT2D eigenvalue weighted by Gasteiger charge is 2.37. The van der Waals surface area contributed by atoms with Crippen LogP contribution in [0.1, 0.15) is 14.4 Å². The zero-order chi connectivity index (χ0) is 7.89. The maximum absolute atomic E-state index is 11.0. The number of carbonyl (C=O) groups is 2. The molecule has 0 radical (unpaired) electrons. The molecular formula is C7H14N2O2. The highest BCUT2D eigenvalue weighted by atomic mass is 16.2. The van der Waals surface area contributed by atoms with Gasteiger partial charge in [-0.25, -0.2) is 4.79 Å². The van der Waals surface area contributed by atoms with Gasteiger partial charge in [-0.1, -0.05) is 7.43 Å². The van der Waals surface area contributed by atoms with Gasteiger partial charge in [-0.2, -0.15) is 0 Å². The molecule has 0 saturated carbocycles. The largest absolute Gasteiger partial charge is 0.326 e. The number of amides is 3. The van der Waals surface area contributed by atoms with Crippen LogP contribution in [-0.4, -0.2) is 41.9 Å². The van der Waals surface area contributed by atoms with Crippen LogP contribution in [0.15, 0.2) is 0 Å². The summed E-state index contributed by atoms with van der Waals surface area (Å²) in [5.41, 5.74) is 0. The lowest BCUT2D eigenvalue weighted by Crippen LogP contribution is -2.28. The standard InChI is InChI=1S/C6H10N2O2.CH4/c1-4-5(9)8(3)6(10)7(4)2;/h4H,1-3H3;1H4. The van der Waals surface area contributed by atoms with E-state index in [1.54, 1.807) is 14.0 Å². The lowest BCUT2D eigenvalue weighted by Gasteiger charge is -2.09. The quantitative estimate of drug-likeness (QED) is 0.483. The van der Waals surface area contributed by atoms with Crippen molar-refractivity contribution in [3.05, 3.63) is 0 Å². The van der Waals surface area contributed by atoms with Crippen LogP contribution in [0.25, 0.3) is 0 Å². The number of rotatable bonds is 0. The van der Waals surface area contributed by atoms with Crippen molar-refractivity contribution in [2.75, 3.05) is 14.1 Å². The zero-order valence-electron chi connectivity index (χ0n) is 6.29. The van der Waals surface area contributed by atoms with Crippen LogP contribution in [-0.2, 0) is 4.79 Å². The van der Waals surface area contributed by atoms with Crippen LogP contribution >= 0.6 is 0 Å². The third kappa shape index (κ3) is 1.20. The average molecular weight is 158 g/mol. The second-order valence-electron chi connectivity index (χ2n) is 2.47. The smallest absolute Gasteiger partial charge is 0.316 e. The van der Waals surface area contributed by atoms with E-state index in [4.69, 9.17) is 0 Å². The molecule has 1 atom stereocenters. The van der Waals surface area contributed by atoms with Gasteiger partial charge in [-0.15, -0.1) is 0 Å².